The maximum Gasteiger partial charge on any atom is 0.303 e. The minimum atomic E-state index is -0.705. The summed E-state index contributed by atoms with van der Waals surface area (Å²) in [6.45, 7) is 3.90. The average Bonchev–Trinajstić information content (AvgIpc) is 2.46. The Kier molecular flexibility index (Phi) is 14.0. The molecule has 22 heavy (non-hydrogen) atoms. The Morgan fingerprint density at radius 1 is 0.955 bits per heavy atom. The standard InChI is InChI=1S/C19H34O3/c1-3-4-5-8-11-14-18(17(2)20)15-12-9-6-7-10-13-16-19(21)22/h12,15,18H,3-11,13-14,16H2,1-2H3,(H,21,22). The lowest BCUT2D eigenvalue weighted by Crippen LogP contribution is -2.07. The molecule has 0 saturated carbocycles. The quantitative estimate of drug-likeness (QED) is 0.319. The van der Waals surface area contributed by atoms with E-state index >= 15 is 0 Å². The van der Waals surface area contributed by atoms with Crippen LogP contribution in [0.2, 0.25) is 0 Å². The summed E-state index contributed by atoms with van der Waals surface area (Å²) in [4.78, 5) is 22.0. The highest BCUT2D eigenvalue weighted by molar-refractivity contribution is 5.79. The van der Waals surface area contributed by atoms with Gasteiger partial charge in [-0.1, -0.05) is 64.0 Å². The molecule has 0 bridgehead atoms. The van der Waals surface area contributed by atoms with Gasteiger partial charge in [-0.3, -0.25) is 9.59 Å². The fourth-order valence-electron chi connectivity index (χ4n) is 2.56. The lowest BCUT2D eigenvalue weighted by Gasteiger charge is -2.08. The van der Waals surface area contributed by atoms with Crippen LogP contribution in [0.1, 0.15) is 90.9 Å². The molecule has 0 radical (unpaired) electrons. The molecule has 0 heterocycles. The van der Waals surface area contributed by atoms with Crippen molar-refractivity contribution in [1.29, 1.82) is 0 Å². The number of carbonyl (C=O) groups excluding carboxylic acids is 1. The van der Waals surface area contributed by atoms with Crippen molar-refractivity contribution in [3.8, 4) is 0 Å². The van der Waals surface area contributed by atoms with E-state index in [0.29, 0.717) is 0 Å². The lowest BCUT2D eigenvalue weighted by molar-refractivity contribution is -0.137. The van der Waals surface area contributed by atoms with Gasteiger partial charge in [0.05, 0.1) is 0 Å². The number of allylic oxidation sites excluding steroid dienone is 2. The number of Topliss-reactive ketones (excluding diaryl/α,β-unsaturated/α-hetero) is 1. The molecule has 3 heteroatoms. The van der Waals surface area contributed by atoms with Crippen molar-refractivity contribution in [2.45, 2.75) is 90.9 Å². The number of ketones is 1. The van der Waals surface area contributed by atoms with E-state index in [1.807, 2.05) is 0 Å². The maximum atomic E-state index is 11.6. The summed E-state index contributed by atoms with van der Waals surface area (Å²) in [6.07, 6.45) is 16.6. The summed E-state index contributed by atoms with van der Waals surface area (Å²) < 4.78 is 0. The molecule has 0 fully saturated rings. The molecule has 0 saturated heterocycles. The van der Waals surface area contributed by atoms with Crippen LogP contribution in [-0.4, -0.2) is 16.9 Å². The molecule has 0 aliphatic rings. The smallest absolute Gasteiger partial charge is 0.303 e. The number of aliphatic carboxylic acids is 1. The van der Waals surface area contributed by atoms with E-state index in [9.17, 15) is 9.59 Å². The van der Waals surface area contributed by atoms with Gasteiger partial charge in [0.25, 0.3) is 0 Å². The molecule has 0 amide bonds. The molecule has 0 aliphatic carbocycles. The normalized spacial score (nSPS) is 12.6. The Morgan fingerprint density at radius 2 is 1.59 bits per heavy atom. The fourth-order valence-corrected chi connectivity index (χ4v) is 2.56. The minimum Gasteiger partial charge on any atom is -0.481 e. The van der Waals surface area contributed by atoms with Crippen LogP contribution in [0.3, 0.4) is 0 Å². The van der Waals surface area contributed by atoms with E-state index in [0.717, 1.165) is 44.9 Å². The van der Waals surface area contributed by atoms with E-state index in [2.05, 4.69) is 19.1 Å². The summed E-state index contributed by atoms with van der Waals surface area (Å²) in [5.41, 5.74) is 0. The minimum absolute atomic E-state index is 0.0913. The topological polar surface area (TPSA) is 54.4 Å². The van der Waals surface area contributed by atoms with Gasteiger partial charge < -0.3 is 5.11 Å². The van der Waals surface area contributed by atoms with Crippen molar-refractivity contribution >= 4 is 11.8 Å². The van der Waals surface area contributed by atoms with Gasteiger partial charge in [0.1, 0.15) is 5.78 Å². The Balaban J connectivity index is 3.69. The molecule has 1 unspecified atom stereocenters. The second-order valence-electron chi connectivity index (χ2n) is 6.19. The van der Waals surface area contributed by atoms with Gasteiger partial charge in [-0.2, -0.15) is 0 Å². The zero-order valence-corrected chi connectivity index (χ0v) is 14.5. The van der Waals surface area contributed by atoms with Crippen LogP contribution < -0.4 is 0 Å². The predicted molar refractivity (Wildman–Crippen MR) is 92.0 cm³/mol. The first kappa shape index (κ1) is 20.9. The Bertz CT molecular complexity index is 321. The molecule has 128 valence electrons. The first-order valence-corrected chi connectivity index (χ1v) is 8.96. The molecule has 3 nitrogen and oxygen atoms in total. The van der Waals surface area contributed by atoms with Crippen LogP contribution in [-0.2, 0) is 9.59 Å². The molecular formula is C19H34O3. The third-order valence-electron chi connectivity index (χ3n) is 4.02. The van der Waals surface area contributed by atoms with E-state index in [4.69, 9.17) is 5.11 Å². The van der Waals surface area contributed by atoms with Gasteiger partial charge in [0.15, 0.2) is 0 Å². The number of hydrogen-bond acceptors (Lipinski definition) is 2. The highest BCUT2D eigenvalue weighted by Crippen LogP contribution is 2.15. The Morgan fingerprint density at radius 3 is 2.23 bits per heavy atom. The molecule has 0 spiro atoms. The van der Waals surface area contributed by atoms with Crippen molar-refractivity contribution in [1.82, 2.24) is 0 Å². The van der Waals surface area contributed by atoms with Gasteiger partial charge in [-0.25, -0.2) is 0 Å². The highest BCUT2D eigenvalue weighted by atomic mass is 16.4. The van der Waals surface area contributed by atoms with Crippen LogP contribution in [0.15, 0.2) is 12.2 Å². The molecule has 1 N–H and O–H groups in total. The molecule has 0 aliphatic heterocycles. The third-order valence-corrected chi connectivity index (χ3v) is 4.02. The second kappa shape index (κ2) is 14.8. The monoisotopic (exact) mass is 310 g/mol. The molecule has 0 rings (SSSR count). The number of rotatable bonds is 15. The van der Waals surface area contributed by atoms with Crippen molar-refractivity contribution in [3.63, 3.8) is 0 Å². The average molecular weight is 310 g/mol. The fraction of sp³-hybridized carbons (Fsp3) is 0.789. The first-order chi connectivity index (χ1) is 10.6. The van der Waals surface area contributed by atoms with Crippen LogP contribution in [0.25, 0.3) is 0 Å². The van der Waals surface area contributed by atoms with Gasteiger partial charge in [0, 0.05) is 12.3 Å². The van der Waals surface area contributed by atoms with E-state index in [-0.39, 0.29) is 18.1 Å². The molecule has 0 aromatic carbocycles. The van der Waals surface area contributed by atoms with Crippen LogP contribution in [0.5, 0.6) is 0 Å². The Hall–Kier alpha value is -1.12. The molecule has 0 aromatic heterocycles. The van der Waals surface area contributed by atoms with Crippen LogP contribution in [0.4, 0.5) is 0 Å². The van der Waals surface area contributed by atoms with E-state index in [1.54, 1.807) is 6.92 Å². The SMILES string of the molecule is CCCCCCCC(C=CCCCCCCC(=O)O)C(C)=O. The number of hydrogen-bond donors (Lipinski definition) is 1. The summed E-state index contributed by atoms with van der Waals surface area (Å²) in [6, 6.07) is 0. The number of carboxylic acids is 1. The number of carboxylic acid groups (broad SMARTS) is 1. The lowest BCUT2D eigenvalue weighted by atomic mass is 9.96. The maximum absolute atomic E-state index is 11.6. The summed E-state index contributed by atoms with van der Waals surface area (Å²) in [5.74, 6) is -0.343. The van der Waals surface area contributed by atoms with Crippen molar-refractivity contribution in [2.24, 2.45) is 5.92 Å². The Labute approximate surface area is 136 Å². The zero-order valence-electron chi connectivity index (χ0n) is 14.5. The molecule has 1 atom stereocenters. The third kappa shape index (κ3) is 13.8. The van der Waals surface area contributed by atoms with Gasteiger partial charge in [-0.05, 0) is 32.6 Å². The van der Waals surface area contributed by atoms with Crippen LogP contribution >= 0.6 is 0 Å². The van der Waals surface area contributed by atoms with Crippen molar-refractivity contribution in [2.75, 3.05) is 0 Å². The van der Waals surface area contributed by atoms with Gasteiger partial charge >= 0.3 is 5.97 Å². The summed E-state index contributed by atoms with van der Waals surface area (Å²) in [5, 5.41) is 8.54. The van der Waals surface area contributed by atoms with Crippen molar-refractivity contribution in [3.05, 3.63) is 12.2 Å². The van der Waals surface area contributed by atoms with Gasteiger partial charge in [-0.15, -0.1) is 0 Å². The molecular weight excluding hydrogens is 276 g/mol. The summed E-state index contributed by atoms with van der Waals surface area (Å²) >= 11 is 0. The molecule has 0 aromatic rings. The van der Waals surface area contributed by atoms with Crippen molar-refractivity contribution < 1.29 is 14.7 Å². The van der Waals surface area contributed by atoms with E-state index < -0.39 is 5.97 Å². The number of carbonyl (C=O) groups is 2. The van der Waals surface area contributed by atoms with Gasteiger partial charge in [0.2, 0.25) is 0 Å². The predicted octanol–water partition coefficient (Wildman–Crippen LogP) is 5.53. The zero-order chi connectivity index (χ0) is 16.6. The van der Waals surface area contributed by atoms with Crippen LogP contribution in [0, 0.1) is 5.92 Å². The first-order valence-electron chi connectivity index (χ1n) is 8.96. The largest absolute Gasteiger partial charge is 0.481 e. The van der Waals surface area contributed by atoms with E-state index in [1.165, 1.54) is 25.7 Å². The highest BCUT2D eigenvalue weighted by Gasteiger charge is 2.09. The summed E-state index contributed by atoms with van der Waals surface area (Å²) in [7, 11) is 0. The number of unbranched alkanes of at least 4 members (excludes halogenated alkanes) is 8. The second-order valence-corrected chi connectivity index (χ2v) is 6.19.